The molecule has 1 aliphatic carbocycles. The molecule has 0 N–H and O–H groups in total. The van der Waals surface area contributed by atoms with Gasteiger partial charge in [0.2, 0.25) is 0 Å². The summed E-state index contributed by atoms with van der Waals surface area (Å²) in [5.41, 5.74) is 2.15. The second kappa shape index (κ2) is 5.26. The predicted molar refractivity (Wildman–Crippen MR) is 82.8 cm³/mol. The first kappa shape index (κ1) is 13.4. The molecule has 7 nitrogen and oxygen atoms in total. The molecule has 0 aromatic carbocycles. The Balaban J connectivity index is 1.24. The van der Waals surface area contributed by atoms with Gasteiger partial charge in [-0.05, 0) is 24.7 Å². The van der Waals surface area contributed by atoms with E-state index in [4.69, 9.17) is 0 Å². The minimum atomic E-state index is 0.686. The monoisotopic (exact) mass is 312 g/mol. The predicted octanol–water partition coefficient (Wildman–Crippen LogP) is 1.31. The van der Waals surface area contributed by atoms with E-state index in [0.29, 0.717) is 17.8 Å². The van der Waals surface area contributed by atoms with Crippen molar-refractivity contribution in [1.29, 1.82) is 0 Å². The quantitative estimate of drug-likeness (QED) is 0.842. The van der Waals surface area contributed by atoms with E-state index in [0.717, 1.165) is 44.2 Å². The van der Waals surface area contributed by atoms with Crippen LogP contribution in [0.15, 0.2) is 23.2 Å². The third-order valence-electron chi connectivity index (χ3n) is 5.35. The molecule has 2 aromatic rings. The SMILES string of the molecule is c1nc(C2CC2)cc(N2CC3CN(Cc4cnon4)CC3C2)n1. The lowest BCUT2D eigenvalue weighted by atomic mass is 10.0. The smallest absolute Gasteiger partial charge is 0.132 e. The van der Waals surface area contributed by atoms with Crippen LogP contribution in [0.25, 0.3) is 0 Å². The van der Waals surface area contributed by atoms with E-state index in [1.807, 2.05) is 0 Å². The van der Waals surface area contributed by atoms with Gasteiger partial charge in [-0.25, -0.2) is 14.6 Å². The first-order chi connectivity index (χ1) is 11.3. The summed E-state index contributed by atoms with van der Waals surface area (Å²) in [6.07, 6.45) is 6.02. The molecule has 2 atom stereocenters. The molecule has 2 unspecified atom stereocenters. The van der Waals surface area contributed by atoms with Crippen LogP contribution in [0.2, 0.25) is 0 Å². The Hall–Kier alpha value is -2.02. The Labute approximate surface area is 134 Å². The van der Waals surface area contributed by atoms with Gasteiger partial charge in [0.25, 0.3) is 0 Å². The Morgan fingerprint density at radius 2 is 1.91 bits per heavy atom. The Morgan fingerprint density at radius 1 is 1.09 bits per heavy atom. The van der Waals surface area contributed by atoms with Crippen LogP contribution in [0.1, 0.15) is 30.1 Å². The van der Waals surface area contributed by atoms with Crippen molar-refractivity contribution in [2.45, 2.75) is 25.3 Å². The Morgan fingerprint density at radius 3 is 2.61 bits per heavy atom. The summed E-state index contributed by atoms with van der Waals surface area (Å²) < 4.78 is 4.68. The van der Waals surface area contributed by atoms with E-state index in [9.17, 15) is 0 Å². The molecule has 2 aliphatic heterocycles. The zero-order valence-corrected chi connectivity index (χ0v) is 13.0. The standard InChI is InChI=1S/C16H20N6O/c1-2-11(1)15-3-16(18-10-17-15)22-7-12-5-21(6-13(12)8-22)9-14-4-19-23-20-14/h3-4,10-13H,1-2,5-9H2. The van der Waals surface area contributed by atoms with Crippen LogP contribution < -0.4 is 4.90 Å². The fourth-order valence-electron chi connectivity index (χ4n) is 4.03. The number of anilines is 1. The summed E-state index contributed by atoms with van der Waals surface area (Å²) in [5.74, 6) is 3.23. The van der Waals surface area contributed by atoms with Gasteiger partial charge in [0.1, 0.15) is 17.8 Å². The van der Waals surface area contributed by atoms with Crippen LogP contribution in [0, 0.1) is 11.8 Å². The molecule has 2 saturated heterocycles. The number of aromatic nitrogens is 4. The van der Waals surface area contributed by atoms with Gasteiger partial charge in [-0.1, -0.05) is 10.3 Å². The lowest BCUT2D eigenvalue weighted by molar-refractivity contribution is 0.276. The summed E-state index contributed by atoms with van der Waals surface area (Å²) in [6, 6.07) is 2.21. The van der Waals surface area contributed by atoms with E-state index < -0.39 is 0 Å². The highest BCUT2D eigenvalue weighted by Crippen LogP contribution is 2.40. The van der Waals surface area contributed by atoms with Gasteiger partial charge in [-0.15, -0.1) is 0 Å². The highest BCUT2D eigenvalue weighted by Gasteiger charge is 2.40. The molecule has 7 heteroatoms. The van der Waals surface area contributed by atoms with Crippen molar-refractivity contribution in [2.24, 2.45) is 11.8 Å². The van der Waals surface area contributed by atoms with E-state index in [-0.39, 0.29) is 0 Å². The summed E-state index contributed by atoms with van der Waals surface area (Å²) in [4.78, 5) is 13.8. The van der Waals surface area contributed by atoms with Gasteiger partial charge in [-0.3, -0.25) is 4.90 Å². The van der Waals surface area contributed by atoms with Crippen LogP contribution >= 0.6 is 0 Å². The Kier molecular flexibility index (Phi) is 3.07. The third-order valence-corrected chi connectivity index (χ3v) is 5.35. The molecular weight excluding hydrogens is 292 g/mol. The minimum absolute atomic E-state index is 0.686. The van der Waals surface area contributed by atoms with E-state index in [1.54, 1.807) is 12.5 Å². The molecule has 5 rings (SSSR count). The van der Waals surface area contributed by atoms with Gasteiger partial charge >= 0.3 is 0 Å². The molecule has 0 amide bonds. The van der Waals surface area contributed by atoms with Gasteiger partial charge in [0.15, 0.2) is 0 Å². The topological polar surface area (TPSA) is 71.2 Å². The van der Waals surface area contributed by atoms with Crippen LogP contribution in [0.4, 0.5) is 5.82 Å². The van der Waals surface area contributed by atoms with Crippen LogP contribution in [0.5, 0.6) is 0 Å². The molecule has 0 spiro atoms. The first-order valence-corrected chi connectivity index (χ1v) is 8.41. The molecule has 0 bridgehead atoms. The normalized spacial score (nSPS) is 27.6. The van der Waals surface area contributed by atoms with Crippen LogP contribution in [-0.2, 0) is 6.54 Å². The molecular formula is C16H20N6O. The molecule has 3 fully saturated rings. The van der Waals surface area contributed by atoms with Crippen molar-refractivity contribution in [3.8, 4) is 0 Å². The fraction of sp³-hybridized carbons (Fsp3) is 0.625. The molecule has 4 heterocycles. The largest absolute Gasteiger partial charge is 0.356 e. The summed E-state index contributed by atoms with van der Waals surface area (Å²) in [7, 11) is 0. The van der Waals surface area contributed by atoms with E-state index >= 15 is 0 Å². The lowest BCUT2D eigenvalue weighted by Crippen LogP contribution is -2.29. The summed E-state index contributed by atoms with van der Waals surface area (Å²) >= 11 is 0. The van der Waals surface area contributed by atoms with E-state index in [2.05, 4.69) is 40.8 Å². The highest BCUT2D eigenvalue weighted by molar-refractivity contribution is 5.42. The molecule has 120 valence electrons. The van der Waals surface area contributed by atoms with Crippen molar-refractivity contribution in [3.05, 3.63) is 30.0 Å². The number of rotatable bonds is 4. The van der Waals surface area contributed by atoms with E-state index in [1.165, 1.54) is 18.5 Å². The second-order valence-corrected chi connectivity index (χ2v) is 7.09. The molecule has 1 saturated carbocycles. The highest BCUT2D eigenvalue weighted by atomic mass is 16.6. The number of fused-ring (bicyclic) bond motifs is 1. The van der Waals surface area contributed by atoms with Crippen molar-refractivity contribution in [3.63, 3.8) is 0 Å². The zero-order valence-electron chi connectivity index (χ0n) is 13.0. The second-order valence-electron chi connectivity index (χ2n) is 7.09. The maximum atomic E-state index is 4.68. The van der Waals surface area contributed by atoms with Crippen LogP contribution in [0.3, 0.4) is 0 Å². The number of hydrogen-bond donors (Lipinski definition) is 0. The van der Waals surface area contributed by atoms with Gasteiger partial charge in [-0.2, -0.15) is 0 Å². The Bertz CT molecular complexity index is 672. The fourth-order valence-corrected chi connectivity index (χ4v) is 4.03. The third kappa shape index (κ3) is 2.59. The average molecular weight is 312 g/mol. The summed E-state index contributed by atoms with van der Waals surface area (Å²) in [5, 5.41) is 7.59. The van der Waals surface area contributed by atoms with Crippen LogP contribution in [-0.4, -0.2) is 51.4 Å². The maximum Gasteiger partial charge on any atom is 0.132 e. The summed E-state index contributed by atoms with van der Waals surface area (Å²) in [6.45, 7) is 5.28. The number of likely N-dealkylation sites (tertiary alicyclic amines) is 1. The first-order valence-electron chi connectivity index (χ1n) is 8.41. The van der Waals surface area contributed by atoms with Crippen molar-refractivity contribution < 1.29 is 4.63 Å². The van der Waals surface area contributed by atoms with Gasteiger partial charge in [0.05, 0.1) is 6.20 Å². The number of nitrogens with zero attached hydrogens (tertiary/aromatic N) is 6. The van der Waals surface area contributed by atoms with Crippen molar-refractivity contribution in [2.75, 3.05) is 31.1 Å². The van der Waals surface area contributed by atoms with Crippen molar-refractivity contribution in [1.82, 2.24) is 25.2 Å². The van der Waals surface area contributed by atoms with Gasteiger partial charge in [0, 0.05) is 50.4 Å². The minimum Gasteiger partial charge on any atom is -0.356 e. The average Bonchev–Trinajstić information content (AvgIpc) is 2.96. The maximum absolute atomic E-state index is 4.68. The van der Waals surface area contributed by atoms with Gasteiger partial charge < -0.3 is 4.90 Å². The molecule has 0 radical (unpaired) electrons. The molecule has 3 aliphatic rings. The molecule has 2 aromatic heterocycles. The molecule has 23 heavy (non-hydrogen) atoms. The zero-order chi connectivity index (χ0) is 15.2. The number of hydrogen-bond acceptors (Lipinski definition) is 7. The lowest BCUT2D eigenvalue weighted by Gasteiger charge is -2.21. The van der Waals surface area contributed by atoms with Crippen molar-refractivity contribution >= 4 is 5.82 Å².